The zero-order valence-electron chi connectivity index (χ0n) is 8.30. The Morgan fingerprint density at radius 2 is 2.20 bits per heavy atom. The van der Waals surface area contributed by atoms with Gasteiger partial charge in [-0.3, -0.25) is 0 Å². The van der Waals surface area contributed by atoms with Crippen LogP contribution in [0.5, 0.6) is 0 Å². The highest BCUT2D eigenvalue weighted by atomic mass is 19.2. The molecule has 2 rings (SSSR count). The summed E-state index contributed by atoms with van der Waals surface area (Å²) in [5.41, 5.74) is 0.789. The second kappa shape index (κ2) is 4.68. The van der Waals surface area contributed by atoms with E-state index in [1.165, 1.54) is 6.07 Å². The van der Waals surface area contributed by atoms with E-state index in [1.54, 1.807) is 6.07 Å². The van der Waals surface area contributed by atoms with E-state index >= 15 is 0 Å². The van der Waals surface area contributed by atoms with Crippen LogP contribution in [0.15, 0.2) is 18.2 Å². The molecular weight excluding hydrogens is 200 g/mol. The second-order valence-electron chi connectivity index (χ2n) is 3.68. The molecule has 1 aliphatic rings. The Kier molecular flexibility index (Phi) is 3.28. The van der Waals surface area contributed by atoms with Gasteiger partial charge < -0.3 is 10.1 Å². The third-order valence-electron chi connectivity index (χ3n) is 2.46. The highest BCUT2D eigenvalue weighted by Crippen LogP contribution is 2.11. The Bertz CT molecular complexity index is 337. The van der Waals surface area contributed by atoms with Crippen molar-refractivity contribution in [1.29, 1.82) is 0 Å². The molecule has 2 nitrogen and oxygen atoms in total. The number of halogens is 2. The molecule has 1 saturated heterocycles. The molecule has 0 aliphatic carbocycles. The van der Waals surface area contributed by atoms with Gasteiger partial charge in [0.1, 0.15) is 0 Å². The van der Waals surface area contributed by atoms with E-state index in [9.17, 15) is 8.78 Å². The van der Waals surface area contributed by atoms with Crippen LogP contribution in [0.2, 0.25) is 0 Å². The van der Waals surface area contributed by atoms with Crippen LogP contribution in [0, 0.1) is 11.6 Å². The molecule has 0 spiro atoms. The first-order chi connectivity index (χ1) is 7.25. The lowest BCUT2D eigenvalue weighted by atomic mass is 10.1. The van der Waals surface area contributed by atoms with E-state index < -0.39 is 11.6 Å². The average Bonchev–Trinajstić information content (AvgIpc) is 2.25. The Morgan fingerprint density at radius 1 is 1.33 bits per heavy atom. The van der Waals surface area contributed by atoms with Gasteiger partial charge in [0, 0.05) is 12.6 Å². The fraction of sp³-hybridized carbons (Fsp3) is 0.455. The Balaban J connectivity index is 2.00. The quantitative estimate of drug-likeness (QED) is 0.803. The molecule has 0 amide bonds. The smallest absolute Gasteiger partial charge is 0.159 e. The summed E-state index contributed by atoms with van der Waals surface area (Å²) >= 11 is 0. The van der Waals surface area contributed by atoms with Gasteiger partial charge in [-0.1, -0.05) is 6.07 Å². The lowest BCUT2D eigenvalue weighted by Crippen LogP contribution is -2.42. The van der Waals surface area contributed by atoms with Gasteiger partial charge in [-0.25, -0.2) is 8.78 Å². The van der Waals surface area contributed by atoms with Gasteiger partial charge in [0.05, 0.1) is 13.2 Å². The number of morpholine rings is 1. The van der Waals surface area contributed by atoms with E-state index in [2.05, 4.69) is 5.32 Å². The molecule has 0 radical (unpaired) electrons. The predicted octanol–water partition coefficient (Wildman–Crippen LogP) is 1.50. The van der Waals surface area contributed by atoms with Crippen molar-refractivity contribution in [3.05, 3.63) is 35.4 Å². The third-order valence-corrected chi connectivity index (χ3v) is 2.46. The van der Waals surface area contributed by atoms with Crippen molar-refractivity contribution in [3.63, 3.8) is 0 Å². The van der Waals surface area contributed by atoms with E-state index in [4.69, 9.17) is 4.74 Å². The van der Waals surface area contributed by atoms with E-state index in [-0.39, 0.29) is 6.04 Å². The van der Waals surface area contributed by atoms with E-state index in [0.717, 1.165) is 18.2 Å². The van der Waals surface area contributed by atoms with Crippen LogP contribution < -0.4 is 5.32 Å². The zero-order chi connectivity index (χ0) is 10.7. The van der Waals surface area contributed by atoms with Crippen molar-refractivity contribution in [2.24, 2.45) is 0 Å². The molecule has 1 aromatic rings. The van der Waals surface area contributed by atoms with Crippen molar-refractivity contribution in [1.82, 2.24) is 5.32 Å². The maximum Gasteiger partial charge on any atom is 0.159 e. The normalized spacial score (nSPS) is 21.6. The van der Waals surface area contributed by atoms with Gasteiger partial charge in [-0.05, 0) is 24.1 Å². The number of benzene rings is 1. The minimum atomic E-state index is -0.799. The standard InChI is InChI=1S/C11H13F2NO/c12-10-2-1-8(6-11(10)13)5-9-7-15-4-3-14-9/h1-2,6,9,14H,3-5,7H2. The van der Waals surface area contributed by atoms with Gasteiger partial charge >= 0.3 is 0 Å². The summed E-state index contributed by atoms with van der Waals surface area (Å²) < 4.78 is 30.8. The molecule has 1 heterocycles. The molecular formula is C11H13F2NO. The molecule has 82 valence electrons. The first-order valence-corrected chi connectivity index (χ1v) is 5.01. The minimum absolute atomic E-state index is 0.198. The summed E-state index contributed by atoms with van der Waals surface area (Å²) in [7, 11) is 0. The molecule has 1 aromatic carbocycles. The summed E-state index contributed by atoms with van der Waals surface area (Å²) in [4.78, 5) is 0. The molecule has 1 atom stereocenters. The number of hydrogen-bond donors (Lipinski definition) is 1. The molecule has 0 bridgehead atoms. The number of hydrogen-bond acceptors (Lipinski definition) is 2. The van der Waals surface area contributed by atoms with Crippen molar-refractivity contribution in [2.75, 3.05) is 19.8 Å². The Hall–Kier alpha value is -1.00. The first kappa shape index (κ1) is 10.5. The van der Waals surface area contributed by atoms with E-state index in [0.29, 0.717) is 19.6 Å². The largest absolute Gasteiger partial charge is 0.379 e. The fourth-order valence-electron chi connectivity index (χ4n) is 1.70. The maximum absolute atomic E-state index is 12.9. The monoisotopic (exact) mass is 213 g/mol. The van der Waals surface area contributed by atoms with E-state index in [1.807, 2.05) is 0 Å². The number of rotatable bonds is 2. The Morgan fingerprint density at radius 3 is 2.87 bits per heavy atom. The topological polar surface area (TPSA) is 21.3 Å². The molecule has 1 aliphatic heterocycles. The molecule has 1 N–H and O–H groups in total. The highest BCUT2D eigenvalue weighted by Gasteiger charge is 2.14. The van der Waals surface area contributed by atoms with Crippen molar-refractivity contribution in [3.8, 4) is 0 Å². The van der Waals surface area contributed by atoms with Crippen LogP contribution in [0.25, 0.3) is 0 Å². The lowest BCUT2D eigenvalue weighted by molar-refractivity contribution is 0.0770. The molecule has 0 saturated carbocycles. The molecule has 1 unspecified atom stereocenters. The van der Waals surface area contributed by atoms with Crippen molar-refractivity contribution >= 4 is 0 Å². The first-order valence-electron chi connectivity index (χ1n) is 5.01. The average molecular weight is 213 g/mol. The molecule has 0 aromatic heterocycles. The zero-order valence-corrected chi connectivity index (χ0v) is 8.30. The SMILES string of the molecule is Fc1ccc(CC2COCCN2)cc1F. The van der Waals surface area contributed by atoms with Crippen LogP contribution in [0.1, 0.15) is 5.56 Å². The summed E-state index contributed by atoms with van der Waals surface area (Å²) in [6.45, 7) is 2.15. The summed E-state index contributed by atoms with van der Waals surface area (Å²) in [6, 6.07) is 4.21. The van der Waals surface area contributed by atoms with Gasteiger partial charge in [-0.15, -0.1) is 0 Å². The van der Waals surface area contributed by atoms with Crippen LogP contribution in [-0.4, -0.2) is 25.8 Å². The summed E-state index contributed by atoms with van der Waals surface area (Å²) in [5, 5.41) is 3.26. The predicted molar refractivity (Wildman–Crippen MR) is 52.7 cm³/mol. The van der Waals surface area contributed by atoms with Crippen LogP contribution in [0.4, 0.5) is 8.78 Å². The van der Waals surface area contributed by atoms with Gasteiger partial charge in [0.15, 0.2) is 11.6 Å². The number of ether oxygens (including phenoxy) is 1. The summed E-state index contributed by atoms with van der Waals surface area (Å²) in [6.07, 6.45) is 0.664. The summed E-state index contributed by atoms with van der Waals surface area (Å²) in [5.74, 6) is -1.59. The fourth-order valence-corrected chi connectivity index (χ4v) is 1.70. The maximum atomic E-state index is 12.9. The highest BCUT2D eigenvalue weighted by molar-refractivity contribution is 5.18. The van der Waals surface area contributed by atoms with Crippen LogP contribution in [-0.2, 0) is 11.2 Å². The minimum Gasteiger partial charge on any atom is -0.379 e. The number of nitrogens with one attached hydrogen (secondary N) is 1. The molecule has 15 heavy (non-hydrogen) atoms. The van der Waals surface area contributed by atoms with Gasteiger partial charge in [-0.2, -0.15) is 0 Å². The second-order valence-corrected chi connectivity index (χ2v) is 3.68. The van der Waals surface area contributed by atoms with Gasteiger partial charge in [0.2, 0.25) is 0 Å². The lowest BCUT2D eigenvalue weighted by Gasteiger charge is -2.23. The van der Waals surface area contributed by atoms with Gasteiger partial charge in [0.25, 0.3) is 0 Å². The van der Waals surface area contributed by atoms with Crippen LogP contribution in [0.3, 0.4) is 0 Å². The van der Waals surface area contributed by atoms with Crippen molar-refractivity contribution in [2.45, 2.75) is 12.5 Å². The third kappa shape index (κ3) is 2.73. The Labute approximate surface area is 87.2 Å². The van der Waals surface area contributed by atoms with Crippen LogP contribution >= 0.6 is 0 Å². The molecule has 4 heteroatoms. The molecule has 1 fully saturated rings. The van der Waals surface area contributed by atoms with Crippen molar-refractivity contribution < 1.29 is 13.5 Å².